The molecule has 0 atom stereocenters. The highest BCUT2D eigenvalue weighted by Gasteiger charge is 1.98. The Bertz CT molecular complexity index is 263. The van der Waals surface area contributed by atoms with E-state index in [0.29, 0.717) is 11.6 Å². The van der Waals surface area contributed by atoms with Gasteiger partial charge in [-0.2, -0.15) is 0 Å². The predicted molar refractivity (Wildman–Crippen MR) is 50.8 cm³/mol. The van der Waals surface area contributed by atoms with Crippen LogP contribution < -0.4 is 10.5 Å². The average molecular weight is 186 g/mol. The number of benzene rings is 1. The summed E-state index contributed by atoms with van der Waals surface area (Å²) < 4.78 is 5.06. The molecule has 0 fully saturated rings. The Morgan fingerprint density at radius 3 is 2.75 bits per heavy atom. The lowest BCUT2D eigenvalue weighted by atomic mass is 10.1. The molecule has 1 rings (SSSR count). The predicted octanol–water partition coefficient (Wildman–Crippen LogP) is 1.85. The Labute approximate surface area is 77.3 Å². The van der Waals surface area contributed by atoms with Crippen LogP contribution in [0.25, 0.3) is 0 Å². The van der Waals surface area contributed by atoms with Crippen LogP contribution in [0.15, 0.2) is 18.2 Å². The molecule has 1 aromatic carbocycles. The van der Waals surface area contributed by atoms with E-state index in [1.165, 1.54) is 0 Å². The molecular formula is C9H12ClNO. The van der Waals surface area contributed by atoms with Crippen molar-refractivity contribution >= 4 is 11.6 Å². The van der Waals surface area contributed by atoms with Gasteiger partial charge < -0.3 is 10.5 Å². The van der Waals surface area contributed by atoms with E-state index in [1.807, 2.05) is 12.1 Å². The number of halogens is 1. The van der Waals surface area contributed by atoms with Gasteiger partial charge in [-0.05, 0) is 36.7 Å². The minimum Gasteiger partial charge on any atom is -0.497 e. The highest BCUT2D eigenvalue weighted by molar-refractivity contribution is 6.30. The third kappa shape index (κ3) is 2.40. The second kappa shape index (κ2) is 4.33. The molecule has 0 aromatic heterocycles. The molecule has 3 heteroatoms. The molecule has 66 valence electrons. The van der Waals surface area contributed by atoms with Gasteiger partial charge in [0, 0.05) is 5.02 Å². The Balaban J connectivity index is 2.90. The third-order valence-corrected chi connectivity index (χ3v) is 1.82. The summed E-state index contributed by atoms with van der Waals surface area (Å²) in [5, 5.41) is 0.692. The van der Waals surface area contributed by atoms with Crippen LogP contribution >= 0.6 is 11.6 Å². The number of nitrogens with two attached hydrogens (primary N) is 1. The zero-order chi connectivity index (χ0) is 8.97. The van der Waals surface area contributed by atoms with Crippen LogP contribution in [0, 0.1) is 0 Å². The molecule has 2 N–H and O–H groups in total. The van der Waals surface area contributed by atoms with E-state index in [2.05, 4.69) is 0 Å². The lowest BCUT2D eigenvalue weighted by molar-refractivity contribution is 0.414. The Morgan fingerprint density at radius 1 is 1.42 bits per heavy atom. The van der Waals surface area contributed by atoms with Crippen molar-refractivity contribution in [1.82, 2.24) is 0 Å². The van der Waals surface area contributed by atoms with Gasteiger partial charge >= 0.3 is 0 Å². The number of hydrogen-bond acceptors (Lipinski definition) is 2. The van der Waals surface area contributed by atoms with Crippen molar-refractivity contribution in [1.29, 1.82) is 0 Å². The first-order valence-corrected chi connectivity index (χ1v) is 4.17. The summed E-state index contributed by atoms with van der Waals surface area (Å²) in [5.41, 5.74) is 6.53. The third-order valence-electron chi connectivity index (χ3n) is 1.60. The lowest BCUT2D eigenvalue weighted by Gasteiger charge is -2.04. The maximum absolute atomic E-state index is 5.84. The topological polar surface area (TPSA) is 35.2 Å². The zero-order valence-corrected chi connectivity index (χ0v) is 7.77. The van der Waals surface area contributed by atoms with E-state index in [9.17, 15) is 0 Å². The molecule has 0 saturated carbocycles. The largest absolute Gasteiger partial charge is 0.497 e. The van der Waals surface area contributed by atoms with Crippen LogP contribution in [0.3, 0.4) is 0 Å². The highest BCUT2D eigenvalue weighted by Crippen LogP contribution is 2.20. The minimum absolute atomic E-state index is 0.628. The van der Waals surface area contributed by atoms with Crippen molar-refractivity contribution in [3.05, 3.63) is 28.8 Å². The van der Waals surface area contributed by atoms with Crippen LogP contribution in [0.5, 0.6) is 5.75 Å². The van der Waals surface area contributed by atoms with E-state index < -0.39 is 0 Å². The van der Waals surface area contributed by atoms with Crippen LogP contribution in [0.2, 0.25) is 5.02 Å². The molecule has 0 aliphatic rings. The maximum Gasteiger partial charge on any atom is 0.120 e. The second-order valence-corrected chi connectivity index (χ2v) is 2.97. The molecule has 0 unspecified atom stereocenters. The summed E-state index contributed by atoms with van der Waals surface area (Å²) in [5.74, 6) is 0.783. The van der Waals surface area contributed by atoms with Crippen LogP contribution in [0.1, 0.15) is 5.56 Å². The summed E-state index contributed by atoms with van der Waals surface area (Å²) in [6, 6.07) is 5.62. The van der Waals surface area contributed by atoms with E-state index in [-0.39, 0.29) is 0 Å². The van der Waals surface area contributed by atoms with Crippen molar-refractivity contribution in [3.8, 4) is 5.75 Å². The summed E-state index contributed by atoms with van der Waals surface area (Å²) in [6.45, 7) is 0.628. The standard InChI is InChI=1S/C9H12ClNO/c1-12-9-5-7(2-3-11)4-8(10)6-9/h4-6H,2-3,11H2,1H3. The van der Waals surface area contributed by atoms with Crippen LogP contribution in [-0.2, 0) is 6.42 Å². The fraction of sp³-hybridized carbons (Fsp3) is 0.333. The zero-order valence-electron chi connectivity index (χ0n) is 7.01. The molecule has 2 nitrogen and oxygen atoms in total. The van der Waals surface area contributed by atoms with Gasteiger partial charge in [-0.1, -0.05) is 11.6 Å². The first kappa shape index (κ1) is 9.36. The molecule has 12 heavy (non-hydrogen) atoms. The minimum atomic E-state index is 0.628. The van der Waals surface area contributed by atoms with Gasteiger partial charge in [-0.15, -0.1) is 0 Å². The first-order valence-electron chi connectivity index (χ1n) is 3.80. The van der Waals surface area contributed by atoms with Gasteiger partial charge in [0.05, 0.1) is 7.11 Å². The van der Waals surface area contributed by atoms with Crippen LogP contribution in [0.4, 0.5) is 0 Å². The smallest absolute Gasteiger partial charge is 0.120 e. The number of ether oxygens (including phenoxy) is 1. The monoisotopic (exact) mass is 185 g/mol. The summed E-state index contributed by atoms with van der Waals surface area (Å²) in [6.07, 6.45) is 0.830. The molecule has 0 bridgehead atoms. The molecule has 0 amide bonds. The van der Waals surface area contributed by atoms with E-state index in [0.717, 1.165) is 17.7 Å². The summed E-state index contributed by atoms with van der Waals surface area (Å²) >= 11 is 5.84. The normalized spacial score (nSPS) is 9.92. The average Bonchev–Trinajstić information content (AvgIpc) is 2.04. The number of hydrogen-bond donors (Lipinski definition) is 1. The van der Waals surface area contributed by atoms with Crippen molar-refractivity contribution in [2.45, 2.75) is 6.42 Å². The SMILES string of the molecule is COc1cc(Cl)cc(CCN)c1. The van der Waals surface area contributed by atoms with E-state index >= 15 is 0 Å². The lowest BCUT2D eigenvalue weighted by Crippen LogP contribution is -2.02. The van der Waals surface area contributed by atoms with Crippen LogP contribution in [-0.4, -0.2) is 13.7 Å². The van der Waals surface area contributed by atoms with Gasteiger partial charge in [0.2, 0.25) is 0 Å². The van der Waals surface area contributed by atoms with Gasteiger partial charge in [0.15, 0.2) is 0 Å². The van der Waals surface area contributed by atoms with Gasteiger partial charge in [0.1, 0.15) is 5.75 Å². The van der Waals surface area contributed by atoms with Gasteiger partial charge in [-0.3, -0.25) is 0 Å². The second-order valence-electron chi connectivity index (χ2n) is 2.54. The highest BCUT2D eigenvalue weighted by atomic mass is 35.5. The number of rotatable bonds is 3. The Kier molecular flexibility index (Phi) is 3.38. The molecule has 0 radical (unpaired) electrons. The van der Waals surface area contributed by atoms with Crippen molar-refractivity contribution in [3.63, 3.8) is 0 Å². The van der Waals surface area contributed by atoms with Crippen molar-refractivity contribution in [2.24, 2.45) is 5.73 Å². The van der Waals surface area contributed by atoms with E-state index in [4.69, 9.17) is 22.1 Å². The molecule has 0 heterocycles. The van der Waals surface area contributed by atoms with E-state index in [1.54, 1.807) is 13.2 Å². The fourth-order valence-corrected chi connectivity index (χ4v) is 1.30. The maximum atomic E-state index is 5.84. The van der Waals surface area contributed by atoms with Gasteiger partial charge in [-0.25, -0.2) is 0 Å². The van der Waals surface area contributed by atoms with Gasteiger partial charge in [0.25, 0.3) is 0 Å². The molecule has 0 spiro atoms. The Morgan fingerprint density at radius 2 is 2.17 bits per heavy atom. The van der Waals surface area contributed by atoms with Crippen molar-refractivity contribution < 1.29 is 4.74 Å². The molecule has 0 aliphatic carbocycles. The molecular weight excluding hydrogens is 174 g/mol. The first-order chi connectivity index (χ1) is 5.76. The Hall–Kier alpha value is -0.730. The number of methoxy groups -OCH3 is 1. The molecule has 0 saturated heterocycles. The summed E-state index contributed by atoms with van der Waals surface area (Å²) in [7, 11) is 1.62. The quantitative estimate of drug-likeness (QED) is 0.780. The molecule has 1 aromatic rings. The van der Waals surface area contributed by atoms with Crippen molar-refractivity contribution in [2.75, 3.05) is 13.7 Å². The fourth-order valence-electron chi connectivity index (χ4n) is 1.05. The molecule has 0 aliphatic heterocycles. The summed E-state index contributed by atoms with van der Waals surface area (Å²) in [4.78, 5) is 0.